The van der Waals surface area contributed by atoms with Gasteiger partial charge in [-0.05, 0) is 62.6 Å². The van der Waals surface area contributed by atoms with Gasteiger partial charge < -0.3 is 21.3 Å². The van der Waals surface area contributed by atoms with E-state index in [1.165, 1.54) is 6.07 Å². The lowest BCUT2D eigenvalue weighted by Gasteiger charge is -2.26. The van der Waals surface area contributed by atoms with Gasteiger partial charge in [0.15, 0.2) is 0 Å². The average Bonchev–Trinajstić information content (AvgIpc) is 2.81. The summed E-state index contributed by atoms with van der Waals surface area (Å²) in [6, 6.07) is 8.80. The zero-order valence-electron chi connectivity index (χ0n) is 21.4. The minimum absolute atomic E-state index is 0.109. The quantitative estimate of drug-likeness (QED) is 0.387. The largest absolute Gasteiger partial charge is 0.416 e. The lowest BCUT2D eigenvalue weighted by Crippen LogP contribution is -2.56. The minimum atomic E-state index is -4.60. The van der Waals surface area contributed by atoms with Crippen molar-refractivity contribution in [1.29, 1.82) is 0 Å². The number of carbonyl (C=O) groups excluding carboxylic acids is 3. The molecule has 0 aliphatic heterocycles. The molecule has 1 unspecified atom stereocenters. The van der Waals surface area contributed by atoms with Crippen molar-refractivity contribution in [3.63, 3.8) is 0 Å². The molecule has 2 rings (SSSR count). The molecule has 0 aliphatic rings. The highest BCUT2D eigenvalue weighted by Gasteiger charge is 2.31. The summed E-state index contributed by atoms with van der Waals surface area (Å²) in [6.45, 7) is 11.2. The molecule has 3 amide bonds. The second-order valence-corrected chi connectivity index (χ2v) is 9.64. The molecule has 7 nitrogen and oxygen atoms in total. The summed E-state index contributed by atoms with van der Waals surface area (Å²) < 4.78 is 38.7. The van der Waals surface area contributed by atoms with E-state index in [1.807, 2.05) is 25.1 Å². The van der Waals surface area contributed by atoms with Gasteiger partial charge in [0.05, 0.1) is 12.1 Å². The maximum absolute atomic E-state index is 12.9. The second kappa shape index (κ2) is 12.5. The Morgan fingerprint density at radius 2 is 1.76 bits per heavy atom. The smallest absolute Gasteiger partial charge is 0.350 e. The molecular formula is C27H33F3N4O3. The van der Waals surface area contributed by atoms with Gasteiger partial charge in [-0.3, -0.25) is 14.4 Å². The summed E-state index contributed by atoms with van der Waals surface area (Å²) in [5.74, 6) is -1.92. The fourth-order valence-electron chi connectivity index (χ4n) is 3.41. The van der Waals surface area contributed by atoms with Gasteiger partial charge in [0.25, 0.3) is 5.91 Å². The summed E-state index contributed by atoms with van der Waals surface area (Å²) in [7, 11) is 0. The van der Waals surface area contributed by atoms with Gasteiger partial charge >= 0.3 is 6.18 Å². The molecule has 0 fully saturated rings. The third-order valence-electron chi connectivity index (χ3n) is 5.28. The molecule has 0 radical (unpaired) electrons. The molecule has 0 spiro atoms. The second-order valence-electron chi connectivity index (χ2n) is 9.64. The van der Waals surface area contributed by atoms with E-state index in [1.54, 1.807) is 26.8 Å². The molecule has 0 bridgehead atoms. The van der Waals surface area contributed by atoms with Crippen molar-refractivity contribution in [3.05, 3.63) is 76.9 Å². The van der Waals surface area contributed by atoms with Crippen LogP contribution in [0.2, 0.25) is 0 Å². The standard InChI is InChI=1S/C27H33F3N4O3/c1-6-18-10-11-20(17(2)12-18)14-31-15-22(25(37)34-26(3,4)5)33-23(35)16-32-24(36)19-8-7-9-21(13-19)27(28,29)30/h6-13,22,31H,1,14-16H2,2-5H3,(H,32,36)(H,33,35)(H,34,37). The van der Waals surface area contributed by atoms with Gasteiger partial charge in [-0.1, -0.05) is 36.9 Å². The monoisotopic (exact) mass is 518 g/mol. The van der Waals surface area contributed by atoms with E-state index in [2.05, 4.69) is 27.8 Å². The van der Waals surface area contributed by atoms with Crippen LogP contribution < -0.4 is 21.3 Å². The van der Waals surface area contributed by atoms with Crippen molar-refractivity contribution in [2.24, 2.45) is 0 Å². The van der Waals surface area contributed by atoms with Crippen LogP contribution in [0.3, 0.4) is 0 Å². The maximum Gasteiger partial charge on any atom is 0.416 e. The van der Waals surface area contributed by atoms with Crippen molar-refractivity contribution >= 4 is 23.8 Å². The Bertz CT molecular complexity index is 1140. The van der Waals surface area contributed by atoms with Crippen LogP contribution in [0.15, 0.2) is 49.0 Å². The molecule has 4 N–H and O–H groups in total. The Balaban J connectivity index is 2.00. The summed E-state index contributed by atoms with van der Waals surface area (Å²) in [4.78, 5) is 37.6. The van der Waals surface area contributed by atoms with Crippen LogP contribution in [0.1, 0.15) is 53.4 Å². The predicted octanol–water partition coefficient (Wildman–Crippen LogP) is 3.58. The molecule has 2 aromatic rings. The first-order valence-corrected chi connectivity index (χ1v) is 11.7. The average molecular weight is 519 g/mol. The van der Waals surface area contributed by atoms with Crippen LogP contribution in [0, 0.1) is 6.92 Å². The van der Waals surface area contributed by atoms with E-state index in [0.29, 0.717) is 12.6 Å². The lowest BCUT2D eigenvalue weighted by atomic mass is 10.0. The Hall–Kier alpha value is -3.66. The van der Waals surface area contributed by atoms with Gasteiger partial charge in [0.1, 0.15) is 6.04 Å². The Morgan fingerprint density at radius 1 is 1.05 bits per heavy atom. The van der Waals surface area contributed by atoms with Crippen LogP contribution in [0.25, 0.3) is 6.08 Å². The molecular weight excluding hydrogens is 485 g/mol. The highest BCUT2D eigenvalue weighted by Crippen LogP contribution is 2.29. The molecule has 200 valence electrons. The predicted molar refractivity (Wildman–Crippen MR) is 137 cm³/mol. The Morgan fingerprint density at radius 3 is 2.35 bits per heavy atom. The highest BCUT2D eigenvalue weighted by molar-refractivity contribution is 5.97. The number of benzene rings is 2. The number of alkyl halides is 3. The van der Waals surface area contributed by atoms with Gasteiger partial charge in [-0.2, -0.15) is 13.2 Å². The Kier molecular flexibility index (Phi) is 10.0. The van der Waals surface area contributed by atoms with E-state index in [-0.39, 0.29) is 12.1 Å². The van der Waals surface area contributed by atoms with E-state index in [0.717, 1.165) is 28.8 Å². The summed E-state index contributed by atoms with van der Waals surface area (Å²) >= 11 is 0. The van der Waals surface area contributed by atoms with Crippen LogP contribution in [-0.4, -0.2) is 42.4 Å². The number of carbonyl (C=O) groups is 3. The van der Waals surface area contributed by atoms with Crippen LogP contribution in [0.5, 0.6) is 0 Å². The zero-order chi connectivity index (χ0) is 27.8. The molecule has 37 heavy (non-hydrogen) atoms. The summed E-state index contributed by atoms with van der Waals surface area (Å²) in [6.07, 6.45) is -2.85. The normalized spacial score (nSPS) is 12.4. The fraction of sp³-hybridized carbons (Fsp3) is 0.370. The fourth-order valence-corrected chi connectivity index (χ4v) is 3.41. The molecule has 0 saturated carbocycles. The van der Waals surface area contributed by atoms with Gasteiger partial charge in [-0.25, -0.2) is 0 Å². The van der Waals surface area contributed by atoms with Gasteiger partial charge in [-0.15, -0.1) is 0 Å². The maximum atomic E-state index is 12.9. The summed E-state index contributed by atoms with van der Waals surface area (Å²) in [5, 5.41) is 10.9. The molecule has 0 aliphatic carbocycles. The number of halogens is 3. The molecule has 0 saturated heterocycles. The number of aryl methyl sites for hydroxylation is 1. The van der Waals surface area contributed by atoms with Gasteiger partial charge in [0, 0.05) is 24.2 Å². The number of nitrogens with one attached hydrogen (secondary N) is 4. The summed E-state index contributed by atoms with van der Waals surface area (Å²) in [5.41, 5.74) is 1.30. The van der Waals surface area contributed by atoms with Crippen molar-refractivity contribution < 1.29 is 27.6 Å². The van der Waals surface area contributed by atoms with Crippen molar-refractivity contribution in [2.45, 2.75) is 52.0 Å². The number of hydrogen-bond donors (Lipinski definition) is 4. The van der Waals surface area contributed by atoms with Crippen molar-refractivity contribution in [1.82, 2.24) is 21.3 Å². The molecule has 10 heteroatoms. The third-order valence-corrected chi connectivity index (χ3v) is 5.28. The highest BCUT2D eigenvalue weighted by atomic mass is 19.4. The molecule has 0 aromatic heterocycles. The van der Waals surface area contributed by atoms with E-state index < -0.39 is 47.6 Å². The first-order valence-electron chi connectivity index (χ1n) is 11.7. The van der Waals surface area contributed by atoms with E-state index in [9.17, 15) is 27.6 Å². The molecule has 2 aromatic carbocycles. The number of rotatable bonds is 10. The van der Waals surface area contributed by atoms with Crippen LogP contribution >= 0.6 is 0 Å². The zero-order valence-corrected chi connectivity index (χ0v) is 21.4. The minimum Gasteiger partial charge on any atom is -0.350 e. The molecule has 1 atom stereocenters. The number of hydrogen-bond acceptors (Lipinski definition) is 4. The van der Waals surface area contributed by atoms with Crippen molar-refractivity contribution in [2.75, 3.05) is 13.1 Å². The van der Waals surface area contributed by atoms with Crippen LogP contribution in [0.4, 0.5) is 13.2 Å². The first-order chi connectivity index (χ1) is 17.2. The number of amides is 3. The topological polar surface area (TPSA) is 99.3 Å². The SMILES string of the molecule is C=Cc1ccc(CNCC(NC(=O)CNC(=O)c2cccc(C(F)(F)F)c2)C(=O)NC(C)(C)C)c(C)c1. The van der Waals surface area contributed by atoms with Gasteiger partial charge in [0.2, 0.25) is 11.8 Å². The van der Waals surface area contributed by atoms with E-state index >= 15 is 0 Å². The third kappa shape index (κ3) is 9.72. The van der Waals surface area contributed by atoms with Crippen LogP contribution in [-0.2, 0) is 22.3 Å². The first kappa shape index (κ1) is 29.6. The lowest BCUT2D eigenvalue weighted by molar-refractivity contribution is -0.137. The molecule has 0 heterocycles. The Labute approximate surface area is 214 Å². The van der Waals surface area contributed by atoms with E-state index in [4.69, 9.17) is 0 Å². The van der Waals surface area contributed by atoms with Crippen molar-refractivity contribution in [3.8, 4) is 0 Å².